The number of hydrogen-bond donors (Lipinski definition) is 0. The van der Waals surface area contributed by atoms with Crippen LogP contribution < -0.4 is 4.74 Å². The molecule has 0 N–H and O–H groups in total. The van der Waals surface area contributed by atoms with E-state index in [1.54, 1.807) is 12.1 Å². The van der Waals surface area contributed by atoms with Crippen LogP contribution in [0.15, 0.2) is 42.5 Å². The maximum Gasteiger partial charge on any atom is 0.461 e. The van der Waals surface area contributed by atoms with Gasteiger partial charge >= 0.3 is 12.5 Å². The van der Waals surface area contributed by atoms with E-state index in [0.29, 0.717) is 17.0 Å². The molecule has 3 rings (SSSR count). The van der Waals surface area contributed by atoms with E-state index in [9.17, 15) is 22.0 Å². The van der Waals surface area contributed by atoms with Crippen molar-refractivity contribution in [1.82, 2.24) is 0 Å². The molecular weight excluding hydrogens is 387 g/mol. The van der Waals surface area contributed by atoms with E-state index in [2.05, 4.69) is 11.7 Å². The molecule has 0 aliphatic heterocycles. The maximum absolute atomic E-state index is 14.7. The average Bonchev–Trinajstić information content (AvgIpc) is 2.69. The molecule has 1 nitrogen and oxygen atoms in total. The quantitative estimate of drug-likeness (QED) is 0.422. The van der Waals surface area contributed by atoms with Gasteiger partial charge in [-0.1, -0.05) is 44.0 Å². The number of ether oxygens (including phenoxy) is 1. The van der Waals surface area contributed by atoms with Crippen molar-refractivity contribution in [2.45, 2.75) is 63.9 Å². The molecule has 1 aliphatic carbocycles. The Morgan fingerprint density at radius 1 is 1.00 bits per heavy atom. The molecule has 2 aromatic rings. The highest BCUT2D eigenvalue weighted by atomic mass is 19.3. The van der Waals surface area contributed by atoms with Gasteiger partial charge in [0, 0.05) is 5.56 Å². The second-order valence-electron chi connectivity index (χ2n) is 7.73. The van der Waals surface area contributed by atoms with Crippen LogP contribution in [0.25, 0.3) is 11.1 Å². The van der Waals surface area contributed by atoms with Crippen LogP contribution in [0.2, 0.25) is 0 Å². The Morgan fingerprint density at radius 2 is 1.66 bits per heavy atom. The smallest absolute Gasteiger partial charge is 0.428 e. The molecule has 0 bridgehead atoms. The fourth-order valence-corrected chi connectivity index (χ4v) is 4.12. The fourth-order valence-electron chi connectivity index (χ4n) is 4.12. The van der Waals surface area contributed by atoms with E-state index < -0.39 is 18.3 Å². The van der Waals surface area contributed by atoms with Gasteiger partial charge in [0.25, 0.3) is 0 Å². The fraction of sp³-hybridized carbons (Fsp3) is 0.478. The van der Waals surface area contributed by atoms with Crippen LogP contribution in [-0.2, 0) is 0 Å². The van der Waals surface area contributed by atoms with E-state index in [4.69, 9.17) is 0 Å². The largest absolute Gasteiger partial charge is 0.461 e. The number of halogens is 5. The van der Waals surface area contributed by atoms with E-state index >= 15 is 0 Å². The molecule has 29 heavy (non-hydrogen) atoms. The Kier molecular flexibility index (Phi) is 6.81. The van der Waals surface area contributed by atoms with Gasteiger partial charge in [-0.15, -0.1) is 0 Å². The van der Waals surface area contributed by atoms with Crippen LogP contribution in [0.3, 0.4) is 0 Å². The zero-order valence-electron chi connectivity index (χ0n) is 16.3. The van der Waals surface area contributed by atoms with Crippen LogP contribution in [0.1, 0.15) is 56.9 Å². The second-order valence-corrected chi connectivity index (χ2v) is 7.73. The molecule has 2 aromatic carbocycles. The summed E-state index contributed by atoms with van der Waals surface area (Å²) in [6, 6.07) is 10.2. The first kappa shape index (κ1) is 21.6. The average molecular weight is 412 g/mol. The summed E-state index contributed by atoms with van der Waals surface area (Å²) in [7, 11) is 0. The predicted octanol–water partition coefficient (Wildman–Crippen LogP) is 7.80. The zero-order valence-corrected chi connectivity index (χ0v) is 16.3. The summed E-state index contributed by atoms with van der Waals surface area (Å²) in [4.78, 5) is 0. The van der Waals surface area contributed by atoms with Crippen LogP contribution in [0.4, 0.5) is 22.0 Å². The lowest BCUT2D eigenvalue weighted by Crippen LogP contribution is -2.33. The van der Waals surface area contributed by atoms with Crippen molar-refractivity contribution in [2.24, 2.45) is 5.92 Å². The third-order valence-electron chi connectivity index (χ3n) is 5.68. The first-order valence-electron chi connectivity index (χ1n) is 10.0. The monoisotopic (exact) mass is 412 g/mol. The Labute approximate surface area is 167 Å². The van der Waals surface area contributed by atoms with Gasteiger partial charge in [0.2, 0.25) is 0 Å². The molecule has 0 atom stereocenters. The Hall–Kier alpha value is -2.11. The number of rotatable bonds is 7. The Bertz CT molecular complexity index is 795. The molecule has 0 heterocycles. The minimum Gasteiger partial charge on any atom is -0.428 e. The second kappa shape index (κ2) is 9.14. The lowest BCUT2D eigenvalue weighted by atomic mass is 9.77. The minimum absolute atomic E-state index is 0.334. The number of benzene rings is 2. The standard InChI is InChI=1S/C23H25F5O/c1-2-3-15-4-6-16(7-5-15)18-10-13-20(21(24)14-18)17-8-11-19(12-9-17)29-23(27,28)22(25)26/h8-16,22H,2-7H2,1H3. The van der Waals surface area contributed by atoms with Crippen molar-refractivity contribution in [3.63, 3.8) is 0 Å². The molecule has 0 unspecified atom stereocenters. The van der Waals surface area contributed by atoms with Crippen molar-refractivity contribution in [3.8, 4) is 16.9 Å². The molecule has 158 valence electrons. The highest BCUT2D eigenvalue weighted by Gasteiger charge is 2.43. The SMILES string of the molecule is CCCC1CCC(c2ccc(-c3ccc(OC(F)(F)C(F)F)cc3)c(F)c2)CC1. The molecular formula is C23H25F5O. The molecule has 1 aliphatic rings. The maximum atomic E-state index is 14.7. The van der Waals surface area contributed by atoms with Crippen molar-refractivity contribution in [3.05, 3.63) is 53.8 Å². The summed E-state index contributed by atoms with van der Waals surface area (Å²) in [5, 5.41) is 0. The van der Waals surface area contributed by atoms with Gasteiger partial charge in [-0.3, -0.25) is 0 Å². The van der Waals surface area contributed by atoms with Crippen molar-refractivity contribution in [1.29, 1.82) is 0 Å². The van der Waals surface area contributed by atoms with E-state index in [1.165, 1.54) is 37.8 Å². The molecule has 0 saturated heterocycles. The Balaban J connectivity index is 1.69. The number of alkyl halides is 4. The molecule has 0 spiro atoms. The Morgan fingerprint density at radius 3 is 2.21 bits per heavy atom. The van der Waals surface area contributed by atoms with Gasteiger partial charge in [-0.25, -0.2) is 4.39 Å². The van der Waals surface area contributed by atoms with Gasteiger partial charge in [-0.2, -0.15) is 17.6 Å². The van der Waals surface area contributed by atoms with Gasteiger partial charge in [0.15, 0.2) is 0 Å². The third kappa shape index (κ3) is 5.28. The molecule has 6 heteroatoms. The molecule has 0 amide bonds. The lowest BCUT2D eigenvalue weighted by molar-refractivity contribution is -0.253. The highest BCUT2D eigenvalue weighted by molar-refractivity contribution is 5.65. The van der Waals surface area contributed by atoms with E-state index in [-0.39, 0.29) is 5.82 Å². The zero-order chi connectivity index (χ0) is 21.0. The lowest BCUT2D eigenvalue weighted by Gasteiger charge is -2.28. The number of hydrogen-bond acceptors (Lipinski definition) is 1. The minimum atomic E-state index is -4.56. The first-order valence-corrected chi connectivity index (χ1v) is 10.0. The van der Waals surface area contributed by atoms with Crippen molar-refractivity contribution >= 4 is 0 Å². The highest BCUT2D eigenvalue weighted by Crippen LogP contribution is 2.39. The summed E-state index contributed by atoms with van der Waals surface area (Å²) in [6.07, 6.45) is -1.57. The van der Waals surface area contributed by atoms with E-state index in [1.807, 2.05) is 6.07 Å². The van der Waals surface area contributed by atoms with Crippen LogP contribution >= 0.6 is 0 Å². The van der Waals surface area contributed by atoms with Crippen molar-refractivity contribution < 1.29 is 26.7 Å². The summed E-state index contributed by atoms with van der Waals surface area (Å²) in [5.41, 5.74) is 1.78. The summed E-state index contributed by atoms with van der Waals surface area (Å²) >= 11 is 0. The molecule has 0 aromatic heterocycles. The summed E-state index contributed by atoms with van der Waals surface area (Å²) < 4.78 is 69.1. The van der Waals surface area contributed by atoms with E-state index in [0.717, 1.165) is 36.5 Å². The summed E-state index contributed by atoms with van der Waals surface area (Å²) in [6.45, 7) is 2.20. The van der Waals surface area contributed by atoms with Gasteiger partial charge in [-0.05, 0) is 66.8 Å². The van der Waals surface area contributed by atoms with Crippen LogP contribution in [0.5, 0.6) is 5.75 Å². The van der Waals surface area contributed by atoms with Crippen molar-refractivity contribution in [2.75, 3.05) is 0 Å². The van der Waals surface area contributed by atoms with Crippen LogP contribution in [0, 0.1) is 11.7 Å². The predicted molar refractivity (Wildman–Crippen MR) is 103 cm³/mol. The normalized spacial score (nSPS) is 20.1. The molecule has 1 fully saturated rings. The van der Waals surface area contributed by atoms with Gasteiger partial charge < -0.3 is 4.74 Å². The molecule has 1 saturated carbocycles. The molecule has 0 radical (unpaired) electrons. The first-order chi connectivity index (χ1) is 13.8. The summed E-state index contributed by atoms with van der Waals surface area (Å²) in [5.74, 6) is 0.349. The van der Waals surface area contributed by atoms with Crippen LogP contribution in [-0.4, -0.2) is 12.5 Å². The topological polar surface area (TPSA) is 9.23 Å². The third-order valence-corrected chi connectivity index (χ3v) is 5.68. The van der Waals surface area contributed by atoms with Gasteiger partial charge in [0.1, 0.15) is 11.6 Å². The van der Waals surface area contributed by atoms with Gasteiger partial charge in [0.05, 0.1) is 0 Å².